The number of hydrogen-bond acceptors (Lipinski definition) is 4. The Kier molecular flexibility index (Phi) is 4.17. The Morgan fingerprint density at radius 1 is 1.33 bits per heavy atom. The fourth-order valence-corrected chi connectivity index (χ4v) is 2.01. The van der Waals surface area contributed by atoms with Crippen LogP contribution in [0.3, 0.4) is 0 Å². The van der Waals surface area contributed by atoms with E-state index in [-0.39, 0.29) is 0 Å². The summed E-state index contributed by atoms with van der Waals surface area (Å²) in [7, 11) is 0. The lowest BCUT2D eigenvalue weighted by Gasteiger charge is -2.09. The van der Waals surface area contributed by atoms with Crippen molar-refractivity contribution in [3.05, 3.63) is 52.1 Å². The normalized spacial score (nSPS) is 10.2. The summed E-state index contributed by atoms with van der Waals surface area (Å²) in [6, 6.07) is 9.67. The van der Waals surface area contributed by atoms with Gasteiger partial charge in [-0.1, -0.05) is 22.0 Å². The Balaban J connectivity index is 2.02. The summed E-state index contributed by atoms with van der Waals surface area (Å²) in [6.45, 7) is 2.50. The molecule has 0 fully saturated rings. The van der Waals surface area contributed by atoms with E-state index < -0.39 is 0 Å². The fraction of sp³-hybridized carbons (Fsp3) is 0.154. The Morgan fingerprint density at radius 2 is 2.17 bits per heavy atom. The first-order chi connectivity index (χ1) is 8.69. The van der Waals surface area contributed by atoms with Gasteiger partial charge in [0.05, 0.1) is 0 Å². The minimum Gasteiger partial charge on any atom is -0.489 e. The third-order valence-corrected chi connectivity index (χ3v) is 3.00. The van der Waals surface area contributed by atoms with E-state index in [2.05, 4.69) is 26.3 Å². The molecular formula is C13H14BrN3O. The second kappa shape index (κ2) is 5.84. The molecule has 3 N–H and O–H groups in total. The number of aryl methyl sites for hydroxylation is 1. The molecule has 1 aromatic carbocycles. The van der Waals surface area contributed by atoms with Crippen molar-refractivity contribution in [2.45, 2.75) is 13.5 Å². The van der Waals surface area contributed by atoms with Gasteiger partial charge in [-0.15, -0.1) is 0 Å². The van der Waals surface area contributed by atoms with Crippen LogP contribution in [0.1, 0.15) is 11.1 Å². The topological polar surface area (TPSA) is 60.2 Å². The van der Waals surface area contributed by atoms with Gasteiger partial charge in [-0.3, -0.25) is 0 Å². The Morgan fingerprint density at radius 3 is 2.78 bits per heavy atom. The van der Waals surface area contributed by atoms with Gasteiger partial charge in [0.2, 0.25) is 0 Å². The minimum atomic E-state index is 0.486. The molecule has 2 rings (SSSR count). The zero-order valence-electron chi connectivity index (χ0n) is 9.98. The minimum absolute atomic E-state index is 0.486. The summed E-state index contributed by atoms with van der Waals surface area (Å²) < 4.78 is 6.79. The third kappa shape index (κ3) is 3.21. The Hall–Kier alpha value is -1.59. The van der Waals surface area contributed by atoms with E-state index in [0.29, 0.717) is 12.4 Å². The number of rotatable bonds is 4. The number of nitrogens with two attached hydrogens (primary N) is 1. The van der Waals surface area contributed by atoms with Crippen LogP contribution in [-0.4, -0.2) is 4.98 Å². The van der Waals surface area contributed by atoms with Gasteiger partial charge in [-0.05, 0) is 36.8 Å². The van der Waals surface area contributed by atoms with Crippen LogP contribution in [0.2, 0.25) is 0 Å². The van der Waals surface area contributed by atoms with Crippen molar-refractivity contribution >= 4 is 21.7 Å². The van der Waals surface area contributed by atoms with Gasteiger partial charge < -0.3 is 10.2 Å². The smallest absolute Gasteiger partial charge is 0.139 e. The molecule has 0 unspecified atom stereocenters. The molecule has 18 heavy (non-hydrogen) atoms. The molecule has 0 radical (unpaired) electrons. The van der Waals surface area contributed by atoms with E-state index in [9.17, 15) is 0 Å². The monoisotopic (exact) mass is 307 g/mol. The van der Waals surface area contributed by atoms with E-state index in [0.717, 1.165) is 21.3 Å². The summed E-state index contributed by atoms with van der Waals surface area (Å²) in [5.41, 5.74) is 4.58. The Bertz CT molecular complexity index is 528. The molecule has 1 aromatic heterocycles. The van der Waals surface area contributed by atoms with E-state index in [1.54, 1.807) is 6.20 Å². The van der Waals surface area contributed by atoms with E-state index in [4.69, 9.17) is 10.6 Å². The van der Waals surface area contributed by atoms with Gasteiger partial charge >= 0.3 is 0 Å². The average molecular weight is 308 g/mol. The van der Waals surface area contributed by atoms with Crippen LogP contribution in [0.4, 0.5) is 5.82 Å². The molecule has 2 aromatic rings. The number of ether oxygens (including phenoxy) is 1. The molecule has 0 aliphatic rings. The lowest BCUT2D eigenvalue weighted by Crippen LogP contribution is -2.08. The molecule has 0 aliphatic heterocycles. The molecule has 0 atom stereocenters. The standard InChI is InChI=1S/C13H14BrN3O/c1-9-6-11(14)3-4-12(9)18-8-10-2-5-13(17-15)16-7-10/h2-7H,8,15H2,1H3,(H,16,17). The van der Waals surface area contributed by atoms with E-state index >= 15 is 0 Å². The van der Waals surface area contributed by atoms with Gasteiger partial charge in [0, 0.05) is 16.2 Å². The number of anilines is 1. The van der Waals surface area contributed by atoms with Crippen molar-refractivity contribution in [1.29, 1.82) is 0 Å². The first kappa shape index (κ1) is 12.9. The molecule has 1 heterocycles. The maximum Gasteiger partial charge on any atom is 0.139 e. The summed E-state index contributed by atoms with van der Waals surface area (Å²) in [5.74, 6) is 6.76. The van der Waals surface area contributed by atoms with Crippen LogP contribution in [0.25, 0.3) is 0 Å². The van der Waals surface area contributed by atoms with Crippen LogP contribution < -0.4 is 16.0 Å². The number of nitrogen functional groups attached to an aromatic ring is 1. The molecule has 0 saturated carbocycles. The van der Waals surface area contributed by atoms with Crippen molar-refractivity contribution < 1.29 is 4.74 Å². The second-order valence-corrected chi connectivity index (χ2v) is 4.81. The Labute approximate surface area is 114 Å². The van der Waals surface area contributed by atoms with Crippen LogP contribution >= 0.6 is 15.9 Å². The summed E-state index contributed by atoms with van der Waals surface area (Å²) in [5, 5.41) is 0. The lowest BCUT2D eigenvalue weighted by molar-refractivity contribution is 0.303. The zero-order valence-corrected chi connectivity index (χ0v) is 11.6. The molecule has 0 spiro atoms. The summed E-state index contributed by atoms with van der Waals surface area (Å²) in [4.78, 5) is 4.12. The number of hydrogen-bond donors (Lipinski definition) is 2. The number of halogens is 1. The van der Waals surface area contributed by atoms with Gasteiger partial charge in [-0.25, -0.2) is 10.8 Å². The number of hydrazine groups is 1. The van der Waals surface area contributed by atoms with Crippen molar-refractivity contribution in [3.8, 4) is 5.75 Å². The highest BCUT2D eigenvalue weighted by Crippen LogP contribution is 2.23. The number of pyridine rings is 1. The van der Waals surface area contributed by atoms with E-state index in [1.165, 1.54) is 0 Å². The summed E-state index contributed by atoms with van der Waals surface area (Å²) in [6.07, 6.45) is 1.74. The van der Waals surface area contributed by atoms with E-state index in [1.807, 2.05) is 37.3 Å². The van der Waals surface area contributed by atoms with Crippen molar-refractivity contribution in [3.63, 3.8) is 0 Å². The molecule has 5 heteroatoms. The lowest BCUT2D eigenvalue weighted by atomic mass is 10.2. The first-order valence-electron chi connectivity index (χ1n) is 5.49. The van der Waals surface area contributed by atoms with Gasteiger partial charge in [-0.2, -0.15) is 0 Å². The maximum absolute atomic E-state index is 5.74. The van der Waals surface area contributed by atoms with Crippen molar-refractivity contribution in [2.24, 2.45) is 5.84 Å². The third-order valence-electron chi connectivity index (χ3n) is 2.50. The molecule has 4 nitrogen and oxygen atoms in total. The zero-order chi connectivity index (χ0) is 13.0. The van der Waals surface area contributed by atoms with Crippen LogP contribution in [-0.2, 0) is 6.61 Å². The predicted molar refractivity (Wildman–Crippen MR) is 75.3 cm³/mol. The molecule has 0 bridgehead atoms. The highest BCUT2D eigenvalue weighted by Gasteiger charge is 2.01. The number of aromatic nitrogens is 1. The van der Waals surface area contributed by atoms with Gasteiger partial charge in [0.15, 0.2) is 0 Å². The maximum atomic E-state index is 5.74. The van der Waals surface area contributed by atoms with Crippen LogP contribution in [0, 0.1) is 6.92 Å². The quantitative estimate of drug-likeness (QED) is 0.673. The van der Waals surface area contributed by atoms with Crippen LogP contribution in [0.15, 0.2) is 41.0 Å². The molecule has 94 valence electrons. The average Bonchev–Trinajstić information content (AvgIpc) is 2.38. The highest BCUT2D eigenvalue weighted by atomic mass is 79.9. The SMILES string of the molecule is Cc1cc(Br)ccc1OCc1ccc(NN)nc1. The number of benzene rings is 1. The molecule has 0 saturated heterocycles. The predicted octanol–water partition coefficient (Wildman–Crippen LogP) is 3.02. The van der Waals surface area contributed by atoms with Crippen molar-refractivity contribution in [2.75, 3.05) is 5.43 Å². The van der Waals surface area contributed by atoms with Crippen LogP contribution in [0.5, 0.6) is 5.75 Å². The fourth-order valence-electron chi connectivity index (χ4n) is 1.53. The van der Waals surface area contributed by atoms with Gasteiger partial charge in [0.1, 0.15) is 18.2 Å². The second-order valence-electron chi connectivity index (χ2n) is 3.89. The van der Waals surface area contributed by atoms with Gasteiger partial charge in [0.25, 0.3) is 0 Å². The van der Waals surface area contributed by atoms with Crippen molar-refractivity contribution in [1.82, 2.24) is 4.98 Å². The highest BCUT2D eigenvalue weighted by molar-refractivity contribution is 9.10. The first-order valence-corrected chi connectivity index (χ1v) is 6.29. The largest absolute Gasteiger partial charge is 0.489 e. The number of nitrogens with one attached hydrogen (secondary N) is 1. The molecule has 0 amide bonds. The molecular weight excluding hydrogens is 294 g/mol. The summed E-state index contributed by atoms with van der Waals surface area (Å²) >= 11 is 3.42. The molecule has 0 aliphatic carbocycles. The number of nitrogens with zero attached hydrogens (tertiary/aromatic N) is 1.